The molecule has 1 amide bonds. The van der Waals surface area contributed by atoms with Gasteiger partial charge in [-0.05, 0) is 61.7 Å². The average Bonchev–Trinajstić information content (AvgIpc) is 3.27. The van der Waals surface area contributed by atoms with E-state index in [1.165, 1.54) is 11.8 Å². The summed E-state index contributed by atoms with van der Waals surface area (Å²) in [6.45, 7) is 5.90. The minimum atomic E-state index is -0.485. The van der Waals surface area contributed by atoms with Gasteiger partial charge in [0.2, 0.25) is 11.1 Å². The molecule has 5 rings (SSSR count). The van der Waals surface area contributed by atoms with Crippen molar-refractivity contribution in [3.63, 3.8) is 0 Å². The molecule has 0 aliphatic carbocycles. The normalized spacial score (nSPS) is 14.8. The molecule has 0 bridgehead atoms. The number of aromatic nitrogens is 3. The number of thioether (sulfide) groups is 1. The van der Waals surface area contributed by atoms with Crippen LogP contribution in [0.5, 0.6) is 0 Å². The predicted molar refractivity (Wildman–Crippen MR) is 151 cm³/mol. The van der Waals surface area contributed by atoms with Crippen LogP contribution in [0.4, 0.5) is 11.6 Å². The van der Waals surface area contributed by atoms with Crippen LogP contribution in [-0.4, -0.2) is 20.7 Å². The molecule has 0 fully saturated rings. The molecule has 2 heterocycles. The highest BCUT2D eigenvalue weighted by atomic mass is 35.5. The molecule has 1 unspecified atom stereocenters. The summed E-state index contributed by atoms with van der Waals surface area (Å²) in [6.07, 6.45) is 0. The Labute approximate surface area is 230 Å². The molecule has 9 heteroatoms. The van der Waals surface area contributed by atoms with Gasteiger partial charge in [0.1, 0.15) is 6.04 Å². The zero-order chi connectivity index (χ0) is 26.1. The number of carbonyl (C=O) groups excluding carboxylic acids is 1. The third-order valence-corrected chi connectivity index (χ3v) is 7.72. The van der Waals surface area contributed by atoms with Crippen LogP contribution in [0.25, 0.3) is 0 Å². The van der Waals surface area contributed by atoms with E-state index in [1.807, 2.05) is 87.5 Å². The Morgan fingerprint density at radius 2 is 1.81 bits per heavy atom. The van der Waals surface area contributed by atoms with Crippen LogP contribution in [-0.2, 0) is 10.5 Å². The van der Waals surface area contributed by atoms with Crippen molar-refractivity contribution in [1.29, 1.82) is 0 Å². The number of amides is 1. The molecule has 0 saturated carbocycles. The summed E-state index contributed by atoms with van der Waals surface area (Å²) in [6, 6.07) is 20.7. The highest BCUT2D eigenvalue weighted by molar-refractivity contribution is 7.98. The second kappa shape index (κ2) is 10.6. The average molecular weight is 551 g/mol. The van der Waals surface area contributed by atoms with Crippen molar-refractivity contribution in [3.8, 4) is 0 Å². The first kappa shape index (κ1) is 25.4. The van der Waals surface area contributed by atoms with Crippen LogP contribution in [0.1, 0.15) is 35.2 Å². The summed E-state index contributed by atoms with van der Waals surface area (Å²) in [5, 5.41) is 13.1. The summed E-state index contributed by atoms with van der Waals surface area (Å²) in [5.74, 6) is 0.992. The Hall–Kier alpha value is -3.26. The zero-order valence-electron chi connectivity index (χ0n) is 20.5. The topological polar surface area (TPSA) is 71.8 Å². The number of carbonyl (C=O) groups is 1. The molecule has 37 heavy (non-hydrogen) atoms. The number of nitrogens with one attached hydrogen (secondary N) is 2. The number of fused-ring (bicyclic) bond motifs is 1. The van der Waals surface area contributed by atoms with Crippen LogP contribution < -0.4 is 10.6 Å². The first-order valence-electron chi connectivity index (χ1n) is 11.7. The van der Waals surface area contributed by atoms with Crippen LogP contribution in [0.2, 0.25) is 10.0 Å². The van der Waals surface area contributed by atoms with E-state index in [9.17, 15) is 4.79 Å². The molecule has 3 aromatic carbocycles. The molecule has 0 radical (unpaired) electrons. The number of hydrogen-bond acceptors (Lipinski definition) is 5. The van der Waals surface area contributed by atoms with Gasteiger partial charge in [-0.1, -0.05) is 83.0 Å². The Bertz CT molecular complexity index is 1510. The number of nitrogens with zero attached hydrogens (tertiary/aromatic N) is 3. The van der Waals surface area contributed by atoms with E-state index in [4.69, 9.17) is 33.3 Å². The fourth-order valence-corrected chi connectivity index (χ4v) is 5.58. The summed E-state index contributed by atoms with van der Waals surface area (Å²) in [4.78, 5) is 18.4. The summed E-state index contributed by atoms with van der Waals surface area (Å²) in [5.41, 5.74) is 6.06. The van der Waals surface area contributed by atoms with E-state index in [0.717, 1.165) is 27.9 Å². The fraction of sp³-hybridized carbons (Fsp3) is 0.179. The van der Waals surface area contributed by atoms with E-state index < -0.39 is 6.04 Å². The standard InChI is InChI=1S/C28H25Cl2N5OS/c1-16-8-13-23(17(2)14-16)32-26(36)24-18(3)31-27-33-28(37-15-20-6-4-5-7-22(20)30)34-35(27)25(24)19-9-11-21(29)12-10-19/h4-14,25H,15H2,1-3H3,(H,32,36)(H,31,33,34). The first-order chi connectivity index (χ1) is 17.8. The van der Waals surface area contributed by atoms with E-state index >= 15 is 0 Å². The van der Waals surface area contributed by atoms with Crippen LogP contribution in [0, 0.1) is 13.8 Å². The molecule has 1 aromatic heterocycles. The van der Waals surface area contributed by atoms with Crippen LogP contribution in [0.15, 0.2) is 83.2 Å². The first-order valence-corrected chi connectivity index (χ1v) is 13.5. The molecule has 0 spiro atoms. The Morgan fingerprint density at radius 3 is 2.54 bits per heavy atom. The molecular formula is C28H25Cl2N5OS. The van der Waals surface area contributed by atoms with Gasteiger partial charge in [-0.2, -0.15) is 4.98 Å². The fourth-order valence-electron chi connectivity index (χ4n) is 4.34. The smallest absolute Gasteiger partial charge is 0.255 e. The van der Waals surface area contributed by atoms with Crippen molar-refractivity contribution in [2.45, 2.75) is 37.7 Å². The van der Waals surface area contributed by atoms with Gasteiger partial charge < -0.3 is 10.6 Å². The van der Waals surface area contributed by atoms with E-state index in [0.29, 0.717) is 38.2 Å². The Kier molecular flexibility index (Phi) is 7.29. The molecule has 188 valence electrons. The Balaban J connectivity index is 1.50. The van der Waals surface area contributed by atoms with Gasteiger partial charge in [0.05, 0.1) is 5.57 Å². The lowest BCUT2D eigenvalue weighted by molar-refractivity contribution is -0.113. The lowest BCUT2D eigenvalue weighted by atomic mass is 9.95. The number of benzene rings is 3. The van der Waals surface area contributed by atoms with Crippen molar-refractivity contribution in [3.05, 3.63) is 110 Å². The zero-order valence-corrected chi connectivity index (χ0v) is 22.9. The van der Waals surface area contributed by atoms with Gasteiger partial charge in [-0.15, -0.1) is 5.10 Å². The minimum absolute atomic E-state index is 0.205. The maximum Gasteiger partial charge on any atom is 0.255 e. The van der Waals surface area contributed by atoms with Gasteiger partial charge in [0.15, 0.2) is 0 Å². The minimum Gasteiger partial charge on any atom is -0.328 e. The van der Waals surface area contributed by atoms with Crippen molar-refractivity contribution >= 4 is 52.5 Å². The quantitative estimate of drug-likeness (QED) is 0.245. The maximum atomic E-state index is 13.7. The predicted octanol–water partition coefficient (Wildman–Crippen LogP) is 7.42. The highest BCUT2D eigenvalue weighted by Crippen LogP contribution is 2.38. The molecule has 1 atom stereocenters. The second-order valence-corrected chi connectivity index (χ2v) is 10.7. The summed E-state index contributed by atoms with van der Waals surface area (Å²) < 4.78 is 1.77. The van der Waals surface area contributed by atoms with E-state index in [2.05, 4.69) is 10.6 Å². The number of hydrogen-bond donors (Lipinski definition) is 2. The molecule has 1 aliphatic rings. The largest absolute Gasteiger partial charge is 0.328 e. The molecule has 2 N–H and O–H groups in total. The number of aryl methyl sites for hydroxylation is 2. The van der Waals surface area contributed by atoms with Crippen molar-refractivity contribution in [2.24, 2.45) is 0 Å². The van der Waals surface area contributed by atoms with Crippen LogP contribution >= 0.6 is 35.0 Å². The second-order valence-electron chi connectivity index (χ2n) is 8.93. The monoisotopic (exact) mass is 549 g/mol. The third-order valence-electron chi connectivity index (χ3n) is 6.21. The van der Waals surface area contributed by atoms with Crippen molar-refractivity contribution < 1.29 is 4.79 Å². The SMILES string of the molecule is CC1=C(C(=O)Nc2ccc(C)cc2C)C(c2ccc(Cl)cc2)n2nc(SCc3ccccc3Cl)nc2N1. The lowest BCUT2D eigenvalue weighted by Crippen LogP contribution is -2.31. The number of halogens is 2. The number of rotatable bonds is 6. The lowest BCUT2D eigenvalue weighted by Gasteiger charge is -2.29. The van der Waals surface area contributed by atoms with E-state index in [1.54, 1.807) is 4.68 Å². The van der Waals surface area contributed by atoms with Gasteiger partial charge in [0.25, 0.3) is 5.91 Å². The molecule has 0 saturated heterocycles. The summed E-state index contributed by atoms with van der Waals surface area (Å²) in [7, 11) is 0. The van der Waals surface area contributed by atoms with Gasteiger partial charge in [-0.3, -0.25) is 4.79 Å². The third kappa shape index (κ3) is 5.39. The highest BCUT2D eigenvalue weighted by Gasteiger charge is 2.34. The molecule has 4 aromatic rings. The van der Waals surface area contributed by atoms with Gasteiger partial charge in [-0.25, -0.2) is 4.68 Å². The van der Waals surface area contributed by atoms with E-state index in [-0.39, 0.29) is 5.91 Å². The maximum absolute atomic E-state index is 13.7. The van der Waals surface area contributed by atoms with Crippen molar-refractivity contribution in [2.75, 3.05) is 10.6 Å². The van der Waals surface area contributed by atoms with Crippen LogP contribution in [0.3, 0.4) is 0 Å². The van der Waals surface area contributed by atoms with Gasteiger partial charge in [0, 0.05) is 27.2 Å². The number of anilines is 2. The number of allylic oxidation sites excluding steroid dienone is 1. The molecule has 1 aliphatic heterocycles. The molecule has 6 nitrogen and oxygen atoms in total. The van der Waals surface area contributed by atoms with Crippen molar-refractivity contribution in [1.82, 2.24) is 14.8 Å². The molecular weight excluding hydrogens is 525 g/mol. The van der Waals surface area contributed by atoms with Gasteiger partial charge >= 0.3 is 0 Å². The Morgan fingerprint density at radius 1 is 1.05 bits per heavy atom. The summed E-state index contributed by atoms with van der Waals surface area (Å²) >= 11 is 14.0.